The fourth-order valence-electron chi connectivity index (χ4n) is 9.39. The smallest absolute Gasteiger partial charge is 0.150 e. The molecular formula is C68H88ClIN14O9. The van der Waals surface area contributed by atoms with Crippen LogP contribution in [-0.2, 0) is 79.7 Å². The first-order valence-corrected chi connectivity index (χ1v) is 32.1. The average molecular weight is 1410 g/mol. The summed E-state index contributed by atoms with van der Waals surface area (Å²) >= 11 is 7.85. The third-order valence-electron chi connectivity index (χ3n) is 14.7. The Morgan fingerprint density at radius 1 is 0.538 bits per heavy atom. The number of hydrogen-bond donors (Lipinski definition) is 8. The highest BCUT2D eigenvalue weighted by Crippen LogP contribution is 2.30. The van der Waals surface area contributed by atoms with Crippen LogP contribution in [0.3, 0.4) is 0 Å². The molecule has 0 aliphatic rings. The molecular weight excluding hydrogens is 1320 g/mol. The lowest BCUT2D eigenvalue weighted by atomic mass is 10.1. The van der Waals surface area contributed by atoms with Crippen LogP contribution >= 0.6 is 34.2 Å². The molecule has 0 amide bonds. The van der Waals surface area contributed by atoms with Crippen molar-refractivity contribution in [1.82, 2.24) is 43.6 Å². The van der Waals surface area contributed by atoms with Crippen molar-refractivity contribution in [2.24, 2.45) is 21.1 Å². The number of carbonyl (C=O) groups excluding carboxylic acids is 1. The highest BCUT2D eigenvalue weighted by molar-refractivity contribution is 14.1. The average Bonchev–Trinajstić information content (AvgIpc) is 1.89. The Morgan fingerprint density at radius 2 is 0.957 bits per heavy atom. The Kier molecular flexibility index (Phi) is 34.4. The zero-order chi connectivity index (χ0) is 66.6. The predicted octanol–water partition coefficient (Wildman–Crippen LogP) is 9.09. The number of nitrogens with one attached hydrogen (secondary N) is 1. The van der Waals surface area contributed by atoms with Gasteiger partial charge in [0.2, 0.25) is 0 Å². The number of quaternary nitrogens is 2. The van der Waals surface area contributed by atoms with Gasteiger partial charge in [0.15, 0.2) is 0 Å². The Morgan fingerprint density at radius 3 is 1.45 bits per heavy atom. The molecule has 0 aliphatic carbocycles. The van der Waals surface area contributed by atoms with Crippen molar-refractivity contribution < 1.29 is 47.1 Å². The van der Waals surface area contributed by atoms with Gasteiger partial charge >= 0.3 is 0 Å². The number of aryl methyl sites for hydroxylation is 8. The number of aldehydes is 1. The van der Waals surface area contributed by atoms with E-state index in [1.165, 1.54) is 11.1 Å². The Labute approximate surface area is 561 Å². The molecule has 0 spiro atoms. The number of carbonyl (C=O) groups is 1. The largest absolute Gasteiger partial charge is 0.630 e. The number of alkyl halides is 1. The highest BCUT2D eigenvalue weighted by atomic mass is 127. The van der Waals surface area contributed by atoms with Crippen molar-refractivity contribution in [3.63, 3.8) is 0 Å². The number of imidazole rings is 3. The third-order valence-corrected chi connectivity index (χ3v) is 14.9. The molecule has 498 valence electrons. The summed E-state index contributed by atoms with van der Waals surface area (Å²) in [6, 6.07) is 34.1. The summed E-state index contributed by atoms with van der Waals surface area (Å²) in [5.74, 6) is 1.64. The standard InChI is InChI=1S/C17H20N4O.C16H18N4O.C9H13NO2.C9H11NO2.C9H13NO.C7H6ClN3.CH3I.2H2O/c1-4-13-6-5-12(10-22)7-15(13)21(3)17-8-16-14(9-18-17)19-11-20(16)2;1-3-12-5-4-11(9-21)6-13(12)19-16-7-15-14(8-17-16)18-10-20(15)2;2*1-2-8-4-3-7(6-11)5-9(8)10-12;1-2-8-4-3-7(6-11)5-9(8)10;1-11-4-10-5-3-9-7(8)2-6(5)11;1-2;;/h5-9,11,22H,4,10H2,1-3H3;4-8,10,21H,3,9H2,1-2H3,(H,17,19);3-5,11H,2,6,10H2,1H3;3-6H,2,10H2,1H3;3-5,11H,2,6,10H2,1H3;2-4H,1H3;1H3;2*1H2. The molecule has 93 heavy (non-hydrogen) atoms. The number of pyridine rings is 3. The van der Waals surface area contributed by atoms with Crippen LogP contribution < -0.4 is 26.9 Å². The van der Waals surface area contributed by atoms with Crippen LogP contribution in [0.1, 0.15) is 95.0 Å². The maximum Gasteiger partial charge on any atom is 0.150 e. The van der Waals surface area contributed by atoms with Gasteiger partial charge in [-0.05, 0) is 94.2 Å². The lowest BCUT2D eigenvalue weighted by molar-refractivity contribution is -0.498. The van der Waals surface area contributed by atoms with Gasteiger partial charge in [0, 0.05) is 92.3 Å². The van der Waals surface area contributed by atoms with E-state index in [-0.39, 0.29) is 37.4 Å². The Bertz CT molecular complexity index is 4070. The second-order valence-electron chi connectivity index (χ2n) is 20.6. The van der Waals surface area contributed by atoms with Crippen LogP contribution in [0, 0.1) is 10.4 Å². The summed E-state index contributed by atoms with van der Waals surface area (Å²) in [6.07, 6.45) is 15.7. The number of aromatic nitrogens is 9. The van der Waals surface area contributed by atoms with Crippen molar-refractivity contribution in [3.8, 4) is 0 Å². The topological polar surface area (TPSA) is 374 Å². The fraction of sp³-hybridized carbons (Fsp3) is 0.279. The Balaban J connectivity index is 0.000000296. The van der Waals surface area contributed by atoms with Gasteiger partial charge < -0.3 is 82.4 Å². The van der Waals surface area contributed by atoms with Crippen molar-refractivity contribution in [2.45, 2.75) is 93.2 Å². The molecule has 0 atom stereocenters. The molecule has 0 radical (unpaired) electrons. The first-order valence-electron chi connectivity index (χ1n) is 29.5. The lowest BCUT2D eigenvalue weighted by Gasteiger charge is -2.22. The number of halogens is 2. The molecule has 25 heteroatoms. The summed E-state index contributed by atoms with van der Waals surface area (Å²) in [6.45, 7) is 10.4. The van der Waals surface area contributed by atoms with Gasteiger partial charge in [0.25, 0.3) is 0 Å². The molecule has 23 nitrogen and oxygen atoms in total. The molecule has 0 bridgehead atoms. The number of nitrogens with zero attached hydrogens (tertiary/aromatic N) is 10. The highest BCUT2D eigenvalue weighted by Gasteiger charge is 2.14. The number of hydrogen-bond acceptors (Lipinski definition) is 16. The maximum absolute atomic E-state index is 10.6. The van der Waals surface area contributed by atoms with E-state index in [1.54, 1.807) is 61.8 Å². The van der Waals surface area contributed by atoms with E-state index in [1.807, 2.05) is 140 Å². The van der Waals surface area contributed by atoms with E-state index in [2.05, 4.69) is 89.5 Å². The number of rotatable bonds is 16. The van der Waals surface area contributed by atoms with Crippen molar-refractivity contribution >= 4 is 114 Å². The van der Waals surface area contributed by atoms with Gasteiger partial charge in [-0.1, -0.05) is 129 Å². The quantitative estimate of drug-likeness (QED) is 0.0112. The first kappa shape index (κ1) is 78.9. The molecule has 0 saturated heterocycles. The van der Waals surface area contributed by atoms with Gasteiger partial charge in [-0.25, -0.2) is 29.9 Å². The summed E-state index contributed by atoms with van der Waals surface area (Å²) in [7, 11) is 7.86. The van der Waals surface area contributed by atoms with Crippen LogP contribution in [0.5, 0.6) is 0 Å². The van der Waals surface area contributed by atoms with Crippen LogP contribution in [0.4, 0.5) is 40.1 Å². The minimum absolute atomic E-state index is 0. The summed E-state index contributed by atoms with van der Waals surface area (Å²) in [5, 5.41) is 61.2. The van der Waals surface area contributed by atoms with Crippen molar-refractivity contribution in [1.29, 1.82) is 0 Å². The zero-order valence-electron chi connectivity index (χ0n) is 54.3. The van der Waals surface area contributed by atoms with Gasteiger partial charge in [-0.15, -0.1) is 0 Å². The van der Waals surface area contributed by atoms with Crippen LogP contribution in [0.2, 0.25) is 5.15 Å². The minimum atomic E-state index is -0.00909. The zero-order valence-corrected chi connectivity index (χ0v) is 57.2. The predicted molar refractivity (Wildman–Crippen MR) is 382 cm³/mol. The maximum atomic E-state index is 10.6. The summed E-state index contributed by atoms with van der Waals surface area (Å²) in [5.41, 5.74) is 26.7. The lowest BCUT2D eigenvalue weighted by Crippen LogP contribution is -2.70. The number of aliphatic hydroxyl groups is 4. The number of nitrogen functional groups attached to an aromatic ring is 1. The molecule has 15 N–H and O–H groups in total. The summed E-state index contributed by atoms with van der Waals surface area (Å²) < 4.78 is 5.86. The molecule has 0 unspecified atom stereocenters. The molecule has 6 heterocycles. The molecule has 11 rings (SSSR count). The van der Waals surface area contributed by atoms with Gasteiger partial charge in [-0.2, -0.15) is 0 Å². The Hall–Kier alpha value is -8.35. The molecule has 0 fully saturated rings. The van der Waals surface area contributed by atoms with Crippen LogP contribution in [0.25, 0.3) is 33.1 Å². The van der Waals surface area contributed by atoms with Gasteiger partial charge in [0.1, 0.15) is 51.0 Å². The van der Waals surface area contributed by atoms with Gasteiger partial charge in [0.05, 0.1) is 80.6 Å². The number of anilines is 5. The van der Waals surface area contributed by atoms with Crippen LogP contribution in [0.15, 0.2) is 147 Å². The van der Waals surface area contributed by atoms with E-state index in [9.17, 15) is 25.4 Å². The van der Waals surface area contributed by atoms with E-state index in [0.717, 1.165) is 150 Å². The fourth-order valence-corrected chi connectivity index (χ4v) is 9.54. The molecule has 0 aliphatic heterocycles. The number of aliphatic hydroxyl groups excluding tert-OH is 4. The first-order chi connectivity index (χ1) is 44.0. The van der Waals surface area contributed by atoms with Gasteiger partial charge in [-0.3, -0.25) is 4.79 Å². The molecule has 5 aromatic carbocycles. The van der Waals surface area contributed by atoms with Crippen molar-refractivity contribution in [3.05, 3.63) is 218 Å². The van der Waals surface area contributed by atoms with E-state index >= 15 is 0 Å². The molecule has 0 saturated carbocycles. The number of fused-ring (bicyclic) bond motifs is 3. The number of nitrogens with two attached hydrogens (primary N) is 3. The molecule has 6 aromatic heterocycles. The molecule has 11 aromatic rings. The van der Waals surface area contributed by atoms with E-state index in [0.29, 0.717) is 22.1 Å². The monoisotopic (exact) mass is 1410 g/mol. The third kappa shape index (κ3) is 22.2. The second kappa shape index (κ2) is 40.6. The summed E-state index contributed by atoms with van der Waals surface area (Å²) in [4.78, 5) is 39.9. The normalized spacial score (nSPS) is 10.2. The van der Waals surface area contributed by atoms with Crippen molar-refractivity contribution in [2.75, 3.05) is 27.9 Å². The van der Waals surface area contributed by atoms with Crippen LogP contribution in [-0.4, -0.2) is 93.2 Å². The second-order valence-corrected chi connectivity index (χ2v) is 21.0. The van der Waals surface area contributed by atoms with E-state index in [4.69, 9.17) is 27.5 Å². The SMILES string of the molecule is CCc1ccc(C=O)cc1[NH2+][O-].CCc1ccc(CO)cc1N.CCc1ccc(CO)cc1N(C)c1cc2c(cn1)ncn2C.CCc1ccc(CO)cc1Nc1cc2c(cn1)ncn2C.CCc1ccc(CO)cc1[NH2+][O-].CI.Cn1cnc2cnc(Cl)cc21.O.O. The number of benzene rings is 5. The minimum Gasteiger partial charge on any atom is -0.630 e. The van der Waals surface area contributed by atoms with E-state index < -0.39 is 0 Å².